The summed E-state index contributed by atoms with van der Waals surface area (Å²) in [5, 5.41) is 0. The zero-order valence-electron chi connectivity index (χ0n) is 21.0. The van der Waals surface area contributed by atoms with Crippen LogP contribution < -0.4 is 0 Å². The zero-order valence-corrected chi connectivity index (χ0v) is 21.0. The van der Waals surface area contributed by atoms with E-state index in [1.807, 2.05) is 13.8 Å². The second-order valence-electron chi connectivity index (χ2n) is 9.09. The van der Waals surface area contributed by atoms with Crippen molar-refractivity contribution in [1.29, 1.82) is 0 Å². The molecule has 3 rings (SSSR count). The van der Waals surface area contributed by atoms with Crippen LogP contribution in [0.15, 0.2) is 24.4 Å². The highest BCUT2D eigenvalue weighted by Gasteiger charge is 2.39. The van der Waals surface area contributed by atoms with Crippen LogP contribution >= 0.6 is 0 Å². The van der Waals surface area contributed by atoms with Crippen LogP contribution in [0.3, 0.4) is 0 Å². The van der Waals surface area contributed by atoms with Gasteiger partial charge in [-0.25, -0.2) is 0 Å². The van der Waals surface area contributed by atoms with Crippen molar-refractivity contribution in [2.75, 3.05) is 6.54 Å². The number of aromatic nitrogens is 1. The number of hydrogen-bond acceptors (Lipinski definition) is 2. The highest BCUT2D eigenvalue weighted by atomic mass is 16.1. The molecule has 2 atom stereocenters. The third-order valence-corrected chi connectivity index (χ3v) is 7.02. The molecule has 1 aromatic rings. The van der Waals surface area contributed by atoms with E-state index >= 15 is 0 Å². The molecule has 1 aromatic heterocycles. The number of ketones is 1. The highest BCUT2D eigenvalue weighted by molar-refractivity contribution is 5.98. The first-order valence-corrected chi connectivity index (χ1v) is 12.8. The molecule has 0 radical (unpaired) electrons. The van der Waals surface area contributed by atoms with E-state index in [2.05, 4.69) is 60.7 Å². The number of hydrogen-bond donors (Lipinski definition) is 0. The van der Waals surface area contributed by atoms with Gasteiger partial charge >= 0.3 is 0 Å². The number of Topliss-reactive ketones (excluding diaryl/α,β-unsaturated/α-hetero) is 1. The van der Waals surface area contributed by atoms with Crippen molar-refractivity contribution in [1.82, 2.24) is 9.47 Å². The monoisotopic (exact) mass is 426 g/mol. The lowest BCUT2D eigenvalue weighted by atomic mass is 9.87. The van der Waals surface area contributed by atoms with Crippen LogP contribution in [0.1, 0.15) is 108 Å². The maximum atomic E-state index is 12.1. The Hall–Kier alpha value is -1.61. The molecule has 0 aromatic carbocycles. The summed E-state index contributed by atoms with van der Waals surface area (Å²) >= 11 is 0. The molecule has 2 saturated heterocycles. The van der Waals surface area contributed by atoms with E-state index in [0.717, 1.165) is 48.5 Å². The topological polar surface area (TPSA) is 25.2 Å². The molecule has 0 amide bonds. The Morgan fingerprint density at radius 1 is 1.10 bits per heavy atom. The summed E-state index contributed by atoms with van der Waals surface area (Å²) in [5.74, 6) is 1.12. The van der Waals surface area contributed by atoms with Gasteiger partial charge in [0.15, 0.2) is 5.78 Å². The molecule has 2 aliphatic heterocycles. The van der Waals surface area contributed by atoms with Gasteiger partial charge in [-0.3, -0.25) is 9.69 Å². The molecule has 3 nitrogen and oxygen atoms in total. The van der Waals surface area contributed by atoms with Crippen LogP contribution in [0.5, 0.6) is 0 Å². The zero-order chi connectivity index (χ0) is 22.8. The fraction of sp³-hybridized carbons (Fsp3) is 0.679. The van der Waals surface area contributed by atoms with E-state index in [-0.39, 0.29) is 5.78 Å². The van der Waals surface area contributed by atoms with Gasteiger partial charge in [0.1, 0.15) is 0 Å². The maximum absolute atomic E-state index is 12.1. The first-order valence-electron chi connectivity index (χ1n) is 12.8. The molecule has 2 bridgehead atoms. The Bertz CT molecular complexity index is 728. The predicted molar refractivity (Wildman–Crippen MR) is 135 cm³/mol. The van der Waals surface area contributed by atoms with Gasteiger partial charge < -0.3 is 4.57 Å². The number of allylic oxidation sites excluding steroid dienone is 3. The van der Waals surface area contributed by atoms with E-state index in [1.165, 1.54) is 50.8 Å². The Morgan fingerprint density at radius 3 is 2.35 bits per heavy atom. The first kappa shape index (κ1) is 25.6. The van der Waals surface area contributed by atoms with Gasteiger partial charge in [0.2, 0.25) is 0 Å². The van der Waals surface area contributed by atoms with Crippen LogP contribution in [0, 0.1) is 12.8 Å². The van der Waals surface area contributed by atoms with Crippen LogP contribution in [0.25, 0.3) is 6.08 Å². The molecule has 0 saturated carbocycles. The third kappa shape index (κ3) is 6.68. The predicted octanol–water partition coefficient (Wildman–Crippen LogP) is 7.44. The maximum Gasteiger partial charge on any atom is 0.161 e. The van der Waals surface area contributed by atoms with Crippen molar-refractivity contribution in [2.24, 2.45) is 5.92 Å². The van der Waals surface area contributed by atoms with Crippen molar-refractivity contribution in [3.05, 3.63) is 41.2 Å². The van der Waals surface area contributed by atoms with E-state index < -0.39 is 0 Å². The fourth-order valence-corrected chi connectivity index (χ4v) is 5.58. The summed E-state index contributed by atoms with van der Waals surface area (Å²) in [6.07, 6.45) is 21.0. The van der Waals surface area contributed by atoms with Crippen LogP contribution in [-0.4, -0.2) is 33.9 Å². The normalized spacial score (nSPS) is 23.5. The molecule has 174 valence electrons. The molecule has 3 heterocycles. The molecule has 31 heavy (non-hydrogen) atoms. The van der Waals surface area contributed by atoms with Crippen molar-refractivity contribution >= 4 is 11.9 Å². The molecule has 0 N–H and O–H groups in total. The summed E-state index contributed by atoms with van der Waals surface area (Å²) in [4.78, 5) is 15.0. The average molecular weight is 427 g/mol. The molecule has 2 aliphatic rings. The fourth-order valence-electron chi connectivity index (χ4n) is 5.58. The van der Waals surface area contributed by atoms with E-state index in [1.54, 1.807) is 6.92 Å². The Labute approximate surface area is 191 Å². The molecular formula is C28H46N2O. The van der Waals surface area contributed by atoms with Crippen molar-refractivity contribution in [2.45, 2.75) is 112 Å². The Kier molecular flexibility index (Phi) is 10.8. The van der Waals surface area contributed by atoms with E-state index in [4.69, 9.17) is 0 Å². The minimum Gasteiger partial charge on any atom is -0.350 e. The van der Waals surface area contributed by atoms with Gasteiger partial charge in [0.25, 0.3) is 0 Å². The smallest absolute Gasteiger partial charge is 0.161 e. The molecular weight excluding hydrogens is 380 g/mol. The minimum absolute atomic E-state index is 0.155. The van der Waals surface area contributed by atoms with Crippen LogP contribution in [0.4, 0.5) is 0 Å². The quantitative estimate of drug-likeness (QED) is 0.287. The Morgan fingerprint density at radius 2 is 1.77 bits per heavy atom. The number of fused-ring (bicyclic) bond motifs is 2. The van der Waals surface area contributed by atoms with Crippen molar-refractivity contribution in [3.8, 4) is 0 Å². The third-order valence-electron chi connectivity index (χ3n) is 7.02. The lowest BCUT2D eigenvalue weighted by Crippen LogP contribution is -2.43. The number of piperidine rings is 1. The van der Waals surface area contributed by atoms with Gasteiger partial charge in [-0.2, -0.15) is 0 Å². The van der Waals surface area contributed by atoms with E-state index in [0.29, 0.717) is 0 Å². The second-order valence-corrected chi connectivity index (χ2v) is 9.09. The van der Waals surface area contributed by atoms with Gasteiger partial charge in [0, 0.05) is 48.2 Å². The molecule has 0 aliphatic carbocycles. The first-order chi connectivity index (χ1) is 15.0. The summed E-state index contributed by atoms with van der Waals surface area (Å²) in [6.45, 7) is 14.5. The second kappa shape index (κ2) is 13.1. The summed E-state index contributed by atoms with van der Waals surface area (Å²) < 4.78 is 2.30. The number of carbonyl (C=O) groups excluding carboxylic acids is 1. The van der Waals surface area contributed by atoms with Crippen molar-refractivity contribution < 1.29 is 4.79 Å². The van der Waals surface area contributed by atoms with Gasteiger partial charge in [-0.1, -0.05) is 64.8 Å². The van der Waals surface area contributed by atoms with Gasteiger partial charge in [0.05, 0.1) is 0 Å². The largest absolute Gasteiger partial charge is 0.350 e. The number of nitrogens with zero attached hydrogens (tertiary/aromatic N) is 2. The minimum atomic E-state index is 0.155. The van der Waals surface area contributed by atoms with E-state index in [9.17, 15) is 4.79 Å². The lowest BCUT2D eigenvalue weighted by molar-refractivity contribution is 0.0973. The van der Waals surface area contributed by atoms with Gasteiger partial charge in [-0.15, -0.1) is 0 Å². The summed E-state index contributed by atoms with van der Waals surface area (Å²) in [5.41, 5.74) is 3.14. The number of rotatable bonds is 10. The van der Waals surface area contributed by atoms with Crippen molar-refractivity contribution in [3.63, 3.8) is 0 Å². The summed E-state index contributed by atoms with van der Waals surface area (Å²) in [6, 6.07) is 1.65. The molecule has 2 fully saturated rings. The molecule has 3 heteroatoms. The standard InChI is InChI=1S/C26H40N2O.C2H6/c1-5-7-8-9-12-25-20(3)27(19-26(25)21(4)29)15-10-16-28-23-13-14-24(28)18-22(17-23)11-6-2;1-2/h7-9,12,19,22-24H,5-6,10-11,13-18H2,1-4H3;1-2H3/b8-7-,12-9-;. The number of carbonyl (C=O) groups is 1. The molecule has 2 unspecified atom stereocenters. The lowest BCUT2D eigenvalue weighted by Gasteiger charge is -2.39. The Balaban J connectivity index is 0.00000166. The van der Waals surface area contributed by atoms with Crippen LogP contribution in [0.2, 0.25) is 0 Å². The summed E-state index contributed by atoms with van der Waals surface area (Å²) in [7, 11) is 0. The SMILES string of the molecule is CC.CC/C=C\C=C/c1c(C(C)=O)cn(CCCN2C3CCC2CC(CCC)C3)c1C. The number of aryl methyl sites for hydroxylation is 1. The molecule has 0 spiro atoms. The average Bonchev–Trinajstić information content (AvgIpc) is 3.20. The highest BCUT2D eigenvalue weighted by Crippen LogP contribution is 2.40. The van der Waals surface area contributed by atoms with Crippen LogP contribution in [-0.2, 0) is 6.54 Å². The van der Waals surface area contributed by atoms with Gasteiger partial charge in [-0.05, 0) is 58.3 Å².